The predicted molar refractivity (Wildman–Crippen MR) is 68.3 cm³/mol. The first kappa shape index (κ1) is 12.6. The topological polar surface area (TPSA) is 55.6 Å². The molecular formula is C13H17N3O2. The van der Waals surface area contributed by atoms with E-state index in [4.69, 9.17) is 4.74 Å². The van der Waals surface area contributed by atoms with Gasteiger partial charge in [0.1, 0.15) is 5.65 Å². The van der Waals surface area contributed by atoms with Crippen LogP contribution in [0.1, 0.15) is 18.3 Å². The number of nitrogens with zero attached hydrogens (tertiary/aromatic N) is 2. The first-order valence-electron chi connectivity index (χ1n) is 6.01. The minimum atomic E-state index is -0.232. The van der Waals surface area contributed by atoms with Crippen LogP contribution in [-0.2, 0) is 16.1 Å². The van der Waals surface area contributed by atoms with Crippen molar-refractivity contribution in [2.45, 2.75) is 20.4 Å². The van der Waals surface area contributed by atoms with Crippen LogP contribution in [0.25, 0.3) is 5.65 Å². The van der Waals surface area contributed by atoms with Gasteiger partial charge in [0.2, 0.25) is 0 Å². The summed E-state index contributed by atoms with van der Waals surface area (Å²) < 4.78 is 6.88. The number of aryl methyl sites for hydroxylation is 1. The summed E-state index contributed by atoms with van der Waals surface area (Å²) in [6.07, 6.45) is 1.97. The van der Waals surface area contributed by atoms with E-state index >= 15 is 0 Å². The molecule has 0 aromatic carbocycles. The Balaban J connectivity index is 2.03. The molecule has 18 heavy (non-hydrogen) atoms. The summed E-state index contributed by atoms with van der Waals surface area (Å²) in [5.74, 6) is -0.232. The standard InChI is InChI=1S/C13H17N3O2/c1-3-18-13(17)9-14-8-11-10(2)15-12-6-4-5-7-16(11)12/h4-7,14H,3,8-9H2,1-2H3. The summed E-state index contributed by atoms with van der Waals surface area (Å²) in [5.41, 5.74) is 2.95. The first-order valence-corrected chi connectivity index (χ1v) is 6.01. The molecule has 0 atom stereocenters. The van der Waals surface area contributed by atoms with E-state index in [1.165, 1.54) is 0 Å². The van der Waals surface area contributed by atoms with Gasteiger partial charge in [-0.3, -0.25) is 4.79 Å². The van der Waals surface area contributed by atoms with E-state index in [0.717, 1.165) is 17.0 Å². The van der Waals surface area contributed by atoms with Crippen LogP contribution in [-0.4, -0.2) is 28.5 Å². The molecule has 0 fully saturated rings. The van der Waals surface area contributed by atoms with Crippen molar-refractivity contribution in [3.05, 3.63) is 35.8 Å². The molecule has 2 rings (SSSR count). The van der Waals surface area contributed by atoms with Crippen molar-refractivity contribution in [3.8, 4) is 0 Å². The van der Waals surface area contributed by atoms with Crippen molar-refractivity contribution in [1.29, 1.82) is 0 Å². The third kappa shape index (κ3) is 2.68. The number of carbonyl (C=O) groups is 1. The fourth-order valence-electron chi connectivity index (χ4n) is 1.87. The Bertz CT molecular complexity index is 548. The lowest BCUT2D eigenvalue weighted by Gasteiger charge is -2.05. The number of fused-ring (bicyclic) bond motifs is 1. The number of hydrogen-bond donors (Lipinski definition) is 1. The first-order chi connectivity index (χ1) is 8.72. The van der Waals surface area contributed by atoms with Gasteiger partial charge >= 0.3 is 5.97 Å². The molecule has 0 saturated carbocycles. The van der Waals surface area contributed by atoms with E-state index in [0.29, 0.717) is 13.2 Å². The summed E-state index contributed by atoms with van der Waals surface area (Å²) in [7, 11) is 0. The zero-order valence-electron chi connectivity index (χ0n) is 10.6. The molecule has 96 valence electrons. The Morgan fingerprint density at radius 2 is 2.33 bits per heavy atom. The van der Waals surface area contributed by atoms with Crippen LogP contribution in [0.2, 0.25) is 0 Å². The van der Waals surface area contributed by atoms with Crippen LogP contribution in [0.4, 0.5) is 0 Å². The van der Waals surface area contributed by atoms with Crippen molar-refractivity contribution < 1.29 is 9.53 Å². The molecule has 0 saturated heterocycles. The molecule has 0 unspecified atom stereocenters. The average molecular weight is 247 g/mol. The number of rotatable bonds is 5. The van der Waals surface area contributed by atoms with Gasteiger partial charge in [-0.05, 0) is 26.0 Å². The Hall–Kier alpha value is -1.88. The lowest BCUT2D eigenvalue weighted by Crippen LogP contribution is -2.25. The van der Waals surface area contributed by atoms with Crippen LogP contribution in [0.3, 0.4) is 0 Å². The highest BCUT2D eigenvalue weighted by atomic mass is 16.5. The van der Waals surface area contributed by atoms with Gasteiger partial charge in [-0.2, -0.15) is 0 Å². The highest BCUT2D eigenvalue weighted by molar-refractivity contribution is 5.71. The van der Waals surface area contributed by atoms with Crippen LogP contribution in [0.15, 0.2) is 24.4 Å². The minimum Gasteiger partial charge on any atom is -0.465 e. The third-order valence-electron chi connectivity index (χ3n) is 2.70. The van der Waals surface area contributed by atoms with Gasteiger partial charge in [-0.1, -0.05) is 6.07 Å². The molecule has 2 aromatic rings. The van der Waals surface area contributed by atoms with Crippen LogP contribution in [0, 0.1) is 6.92 Å². The van der Waals surface area contributed by atoms with Crippen LogP contribution in [0.5, 0.6) is 0 Å². The van der Waals surface area contributed by atoms with E-state index in [1.54, 1.807) is 6.92 Å². The highest BCUT2D eigenvalue weighted by Gasteiger charge is 2.08. The Morgan fingerprint density at radius 3 is 3.11 bits per heavy atom. The number of carbonyl (C=O) groups excluding carboxylic acids is 1. The molecule has 5 nitrogen and oxygen atoms in total. The summed E-state index contributed by atoms with van der Waals surface area (Å²) in [6.45, 7) is 4.99. The SMILES string of the molecule is CCOC(=O)CNCc1c(C)nc2ccccn12. The fraction of sp³-hybridized carbons (Fsp3) is 0.385. The van der Waals surface area contributed by atoms with Crippen molar-refractivity contribution in [2.75, 3.05) is 13.2 Å². The maximum Gasteiger partial charge on any atom is 0.319 e. The number of aromatic nitrogens is 2. The van der Waals surface area contributed by atoms with Gasteiger partial charge in [0.05, 0.1) is 24.5 Å². The van der Waals surface area contributed by atoms with Crippen molar-refractivity contribution in [3.63, 3.8) is 0 Å². The molecule has 0 amide bonds. The molecule has 0 aliphatic carbocycles. The van der Waals surface area contributed by atoms with Gasteiger partial charge < -0.3 is 14.5 Å². The molecular weight excluding hydrogens is 230 g/mol. The quantitative estimate of drug-likeness (QED) is 0.809. The molecule has 0 spiro atoms. The van der Waals surface area contributed by atoms with Gasteiger partial charge in [-0.25, -0.2) is 4.98 Å². The second-order valence-electron chi connectivity index (χ2n) is 3.98. The minimum absolute atomic E-state index is 0.216. The third-order valence-corrected chi connectivity index (χ3v) is 2.70. The van der Waals surface area contributed by atoms with Crippen molar-refractivity contribution >= 4 is 11.6 Å². The largest absolute Gasteiger partial charge is 0.465 e. The van der Waals surface area contributed by atoms with Gasteiger partial charge in [0.15, 0.2) is 0 Å². The molecule has 0 bridgehead atoms. The van der Waals surface area contributed by atoms with E-state index < -0.39 is 0 Å². The Kier molecular flexibility index (Phi) is 3.94. The normalized spacial score (nSPS) is 10.8. The second-order valence-corrected chi connectivity index (χ2v) is 3.98. The van der Waals surface area contributed by atoms with Crippen LogP contribution >= 0.6 is 0 Å². The molecule has 1 N–H and O–H groups in total. The lowest BCUT2D eigenvalue weighted by molar-refractivity contribution is -0.142. The molecule has 0 radical (unpaired) electrons. The fourth-order valence-corrected chi connectivity index (χ4v) is 1.87. The Labute approximate surface area is 106 Å². The Morgan fingerprint density at radius 1 is 1.50 bits per heavy atom. The summed E-state index contributed by atoms with van der Waals surface area (Å²) in [4.78, 5) is 15.7. The number of nitrogens with one attached hydrogen (secondary N) is 1. The molecule has 0 aliphatic heterocycles. The average Bonchev–Trinajstić information content (AvgIpc) is 2.66. The van der Waals surface area contributed by atoms with Gasteiger partial charge in [-0.15, -0.1) is 0 Å². The van der Waals surface area contributed by atoms with Crippen LogP contribution < -0.4 is 5.32 Å². The molecule has 0 aliphatic rings. The van der Waals surface area contributed by atoms with Crippen molar-refractivity contribution in [1.82, 2.24) is 14.7 Å². The van der Waals surface area contributed by atoms with Gasteiger partial charge in [0, 0.05) is 12.7 Å². The smallest absolute Gasteiger partial charge is 0.319 e. The summed E-state index contributed by atoms with van der Waals surface area (Å²) >= 11 is 0. The summed E-state index contributed by atoms with van der Waals surface area (Å²) in [5, 5.41) is 3.07. The second kappa shape index (κ2) is 5.64. The van der Waals surface area contributed by atoms with E-state index in [9.17, 15) is 4.79 Å². The predicted octanol–water partition coefficient (Wildman–Crippen LogP) is 1.30. The number of ether oxygens (including phenoxy) is 1. The number of hydrogen-bond acceptors (Lipinski definition) is 4. The lowest BCUT2D eigenvalue weighted by atomic mass is 10.3. The highest BCUT2D eigenvalue weighted by Crippen LogP contribution is 2.11. The van der Waals surface area contributed by atoms with E-state index in [1.807, 2.05) is 35.7 Å². The zero-order chi connectivity index (χ0) is 13.0. The number of esters is 1. The monoisotopic (exact) mass is 247 g/mol. The van der Waals surface area contributed by atoms with E-state index in [2.05, 4.69) is 10.3 Å². The summed E-state index contributed by atoms with van der Waals surface area (Å²) in [6, 6.07) is 5.88. The molecule has 2 heterocycles. The molecule has 2 aromatic heterocycles. The van der Waals surface area contributed by atoms with Gasteiger partial charge in [0.25, 0.3) is 0 Å². The zero-order valence-corrected chi connectivity index (χ0v) is 10.6. The number of imidazole rings is 1. The maximum absolute atomic E-state index is 11.2. The maximum atomic E-state index is 11.2. The molecule has 5 heteroatoms. The number of pyridine rings is 1. The van der Waals surface area contributed by atoms with Crippen molar-refractivity contribution in [2.24, 2.45) is 0 Å². The van der Waals surface area contributed by atoms with E-state index in [-0.39, 0.29) is 12.5 Å².